The molecule has 0 aromatic carbocycles. The van der Waals surface area contributed by atoms with Crippen LogP contribution in [0.2, 0.25) is 25.2 Å². The zero-order valence-electron chi connectivity index (χ0n) is 15.6. The minimum Gasteiger partial charge on any atom is -0.223 e. The molecule has 0 saturated heterocycles. The third-order valence-electron chi connectivity index (χ3n) is 2.56. The van der Waals surface area contributed by atoms with Gasteiger partial charge in [-0.15, -0.1) is 0 Å². The lowest BCUT2D eigenvalue weighted by Gasteiger charge is -2.04. The quantitative estimate of drug-likeness (QED) is 0.0965. The minimum absolute atomic E-state index is 1.09. The Morgan fingerprint density at radius 1 is 0.708 bits per heavy atom. The highest BCUT2D eigenvalue weighted by atomic mass is 33.7. The molecule has 0 aromatic rings. The first-order valence-corrected chi connectivity index (χ1v) is 18.0. The average molecular weight is 475 g/mol. The lowest BCUT2D eigenvalue weighted by molar-refractivity contribution is -0.458. The van der Waals surface area contributed by atoms with Crippen molar-refractivity contribution in [2.75, 3.05) is 39.7 Å². The molecule has 0 atom stereocenters. The fourth-order valence-electron chi connectivity index (χ4n) is 1.36. The molecule has 0 bridgehead atoms. The summed E-state index contributed by atoms with van der Waals surface area (Å²) in [4.78, 5) is 0. The van der Waals surface area contributed by atoms with Crippen molar-refractivity contribution in [3.63, 3.8) is 0 Å². The number of rotatable bonds is 11. The Morgan fingerprint density at radius 3 is 1.38 bits per heavy atom. The van der Waals surface area contributed by atoms with Gasteiger partial charge in [0.1, 0.15) is 28.2 Å². The van der Waals surface area contributed by atoms with E-state index >= 15 is 0 Å². The van der Waals surface area contributed by atoms with Crippen LogP contribution in [0.25, 0.3) is 0 Å². The van der Waals surface area contributed by atoms with Gasteiger partial charge in [-0.25, -0.2) is 9.15 Å². The van der Waals surface area contributed by atoms with Crippen LogP contribution < -0.4 is 0 Å². The first kappa shape index (κ1) is 25.9. The molecule has 0 N–H and O–H groups in total. The summed E-state index contributed by atoms with van der Waals surface area (Å²) >= 11 is 4.00. The number of hydrogen-bond acceptors (Lipinski definition) is 6. The molecule has 0 amide bonds. The molecule has 0 rings (SSSR count). The summed E-state index contributed by atoms with van der Waals surface area (Å²) < 4.78 is 7.32. The molecule has 24 heavy (non-hydrogen) atoms. The zero-order chi connectivity index (χ0) is 18.2. The monoisotopic (exact) mass is 474 g/mol. The molecule has 2 nitrogen and oxygen atoms in total. The molecular weight excluding hydrogens is 445 g/mol. The highest BCUT2D eigenvalue weighted by Gasteiger charge is 2.15. The minimum atomic E-state index is 1.09. The topological polar surface area (TPSA) is 6.02 Å². The van der Waals surface area contributed by atoms with E-state index in [9.17, 15) is 0 Å². The van der Waals surface area contributed by atoms with E-state index in [0.717, 1.165) is 19.0 Å². The van der Waals surface area contributed by atoms with E-state index in [-0.39, 0.29) is 0 Å². The standard InChI is InChI=1S/C14H30N2S6Si2/c1-15(2)13(17-9-7-11-23-5)19-21-22-20-14(16(3)4)18-10-8-12-24-6/h7-12H2,1-6H3/q+2. The van der Waals surface area contributed by atoms with Gasteiger partial charge < -0.3 is 0 Å². The molecule has 0 aliphatic rings. The van der Waals surface area contributed by atoms with Gasteiger partial charge in [-0.05, 0) is 56.0 Å². The van der Waals surface area contributed by atoms with Gasteiger partial charge in [0.25, 0.3) is 8.75 Å². The Labute approximate surface area is 178 Å². The van der Waals surface area contributed by atoms with Gasteiger partial charge in [0.05, 0.1) is 0 Å². The highest BCUT2D eigenvalue weighted by molar-refractivity contribution is 9.30. The third kappa shape index (κ3) is 15.0. The fourth-order valence-corrected chi connectivity index (χ4v) is 12.6. The van der Waals surface area contributed by atoms with Gasteiger partial charge in [-0.2, -0.15) is 0 Å². The summed E-state index contributed by atoms with van der Waals surface area (Å²) in [6.07, 6.45) is 2.66. The van der Waals surface area contributed by atoms with Crippen molar-refractivity contribution in [1.29, 1.82) is 0 Å². The molecule has 10 heteroatoms. The molecule has 0 heterocycles. The Balaban J connectivity index is 4.08. The van der Waals surface area contributed by atoms with Crippen LogP contribution in [-0.4, -0.2) is 76.6 Å². The zero-order valence-corrected chi connectivity index (χ0v) is 22.5. The van der Waals surface area contributed by atoms with Crippen molar-refractivity contribution >= 4 is 92.6 Å². The molecule has 0 spiro atoms. The molecule has 0 saturated carbocycles. The first-order chi connectivity index (χ1) is 11.5. The summed E-state index contributed by atoms with van der Waals surface area (Å²) in [5.41, 5.74) is 0. The van der Waals surface area contributed by atoms with Crippen molar-refractivity contribution in [1.82, 2.24) is 0 Å². The van der Waals surface area contributed by atoms with Crippen LogP contribution >= 0.6 is 64.8 Å². The van der Waals surface area contributed by atoms with Gasteiger partial charge in [-0.1, -0.05) is 25.2 Å². The Morgan fingerprint density at radius 2 is 1.08 bits per heavy atom. The van der Waals surface area contributed by atoms with Crippen molar-refractivity contribution in [3.8, 4) is 0 Å². The van der Waals surface area contributed by atoms with E-state index in [1.807, 2.05) is 64.8 Å². The predicted molar refractivity (Wildman–Crippen MR) is 132 cm³/mol. The summed E-state index contributed by atoms with van der Waals surface area (Å²) in [5.74, 6) is 2.48. The van der Waals surface area contributed by atoms with Crippen LogP contribution in [0, 0.1) is 0 Å². The van der Waals surface area contributed by atoms with Crippen LogP contribution in [0.4, 0.5) is 0 Å². The molecule has 4 radical (unpaired) electrons. The fraction of sp³-hybridized carbons (Fsp3) is 0.857. The van der Waals surface area contributed by atoms with E-state index in [1.165, 1.54) is 45.2 Å². The lowest BCUT2D eigenvalue weighted by Crippen LogP contribution is -2.06. The molecule has 0 aliphatic carbocycles. The summed E-state index contributed by atoms with van der Waals surface area (Å²) in [6, 6.07) is 2.74. The van der Waals surface area contributed by atoms with Crippen LogP contribution in [0.3, 0.4) is 0 Å². The van der Waals surface area contributed by atoms with E-state index < -0.39 is 0 Å². The smallest absolute Gasteiger partial charge is 0.223 e. The van der Waals surface area contributed by atoms with Gasteiger partial charge >= 0.3 is 0 Å². The first-order valence-electron chi connectivity index (χ1n) is 7.84. The lowest BCUT2D eigenvalue weighted by atomic mass is 10.6. The van der Waals surface area contributed by atoms with Crippen LogP contribution in [0.5, 0.6) is 0 Å². The molecule has 0 unspecified atom stereocenters. The van der Waals surface area contributed by atoms with Gasteiger partial charge in [0.2, 0.25) is 0 Å². The maximum atomic E-state index is 2.29. The Hall–Kier alpha value is 1.87. The van der Waals surface area contributed by atoms with Crippen LogP contribution in [-0.2, 0) is 0 Å². The predicted octanol–water partition coefficient (Wildman–Crippen LogP) is 5.51. The number of thioether (sulfide) groups is 2. The van der Waals surface area contributed by atoms with E-state index in [2.05, 4.69) is 50.4 Å². The molecular formula is C14H30N2S6Si2+2. The maximum Gasteiger partial charge on any atom is 0.281 e. The SMILES string of the molecule is C[Si]CCCSC(SSSSC(SCCC[Si]C)=[N+](C)C)=[N+](C)C. The average Bonchev–Trinajstić information content (AvgIpc) is 2.54. The molecule has 0 fully saturated rings. The molecule has 138 valence electrons. The summed E-state index contributed by atoms with van der Waals surface area (Å²) in [7, 11) is 18.3. The van der Waals surface area contributed by atoms with Crippen molar-refractivity contribution < 1.29 is 9.15 Å². The second-order valence-corrected chi connectivity index (χ2v) is 16.0. The van der Waals surface area contributed by atoms with Crippen LogP contribution in [0.1, 0.15) is 12.8 Å². The summed E-state index contributed by atoms with van der Waals surface area (Å²) in [5, 5.41) is 0. The van der Waals surface area contributed by atoms with E-state index in [4.69, 9.17) is 0 Å². The number of hydrogen-bond donors (Lipinski definition) is 0. The van der Waals surface area contributed by atoms with Crippen molar-refractivity contribution in [2.24, 2.45) is 0 Å². The number of nitrogens with zero attached hydrogens (tertiary/aromatic N) is 2. The Kier molecular flexibility index (Phi) is 19.7. The third-order valence-corrected chi connectivity index (χ3v) is 14.3. The summed E-state index contributed by atoms with van der Waals surface area (Å²) in [6.45, 7) is 4.58. The Bertz CT molecular complexity index is 349. The van der Waals surface area contributed by atoms with Gasteiger partial charge in [0.15, 0.2) is 0 Å². The van der Waals surface area contributed by atoms with E-state index in [1.54, 1.807) is 0 Å². The second kappa shape index (κ2) is 18.2. The molecule has 0 aromatic heterocycles. The second-order valence-electron chi connectivity index (χ2n) is 5.23. The van der Waals surface area contributed by atoms with Crippen molar-refractivity contribution in [2.45, 2.75) is 38.0 Å². The van der Waals surface area contributed by atoms with Crippen molar-refractivity contribution in [3.05, 3.63) is 0 Å². The maximum absolute atomic E-state index is 2.29. The largest absolute Gasteiger partial charge is 0.281 e. The van der Waals surface area contributed by atoms with Gasteiger partial charge in [0, 0.05) is 52.1 Å². The van der Waals surface area contributed by atoms with E-state index in [0.29, 0.717) is 0 Å². The van der Waals surface area contributed by atoms with Gasteiger partial charge in [-0.3, -0.25) is 0 Å². The highest BCUT2D eigenvalue weighted by Crippen LogP contribution is 2.47. The normalized spacial score (nSPS) is 10.8. The van der Waals surface area contributed by atoms with Crippen LogP contribution in [0.15, 0.2) is 0 Å². The molecule has 0 aliphatic heterocycles.